The maximum absolute atomic E-state index is 12.9. The van der Waals surface area contributed by atoms with Crippen molar-refractivity contribution in [3.63, 3.8) is 0 Å². The molecule has 90 valence electrons. The molecule has 0 aliphatic heterocycles. The number of rotatable bonds is 3. The molecule has 2 rings (SSSR count). The van der Waals surface area contributed by atoms with Crippen LogP contribution in [0.2, 0.25) is 0 Å². The van der Waals surface area contributed by atoms with Gasteiger partial charge >= 0.3 is 0 Å². The number of carbonyl (C=O) groups is 1. The van der Waals surface area contributed by atoms with Crippen molar-refractivity contribution in [2.45, 2.75) is 12.8 Å². The predicted molar refractivity (Wildman–Crippen MR) is 76.2 cm³/mol. The van der Waals surface area contributed by atoms with Crippen molar-refractivity contribution in [1.29, 1.82) is 0 Å². The zero-order valence-corrected chi connectivity index (χ0v) is 11.8. The fraction of sp³-hybridized carbons (Fsp3) is 0.273. The summed E-state index contributed by atoms with van der Waals surface area (Å²) in [6, 6.07) is 4.19. The molecule has 0 aromatic heterocycles. The molecule has 1 aliphatic carbocycles. The fourth-order valence-electron chi connectivity index (χ4n) is 1.54. The second-order valence-corrected chi connectivity index (χ2v) is 5.63. The molecule has 1 aromatic carbocycles. The van der Waals surface area contributed by atoms with E-state index in [1.54, 1.807) is 0 Å². The van der Waals surface area contributed by atoms with Crippen LogP contribution in [-0.4, -0.2) is 10.9 Å². The number of halogens is 2. The van der Waals surface area contributed by atoms with Crippen LogP contribution in [0.15, 0.2) is 18.2 Å². The van der Waals surface area contributed by atoms with E-state index in [9.17, 15) is 9.18 Å². The van der Waals surface area contributed by atoms with Crippen molar-refractivity contribution in [3.05, 3.63) is 27.6 Å². The standard InChI is InChI=1S/C11H10FIN2OS/c12-6-1-2-8(7(13)5-6)15-10(16)11(3-4-11)9(14)17/h1-2,5H,3-4H2,(H2,14,17)(H,15,16). The Morgan fingerprint density at radius 3 is 2.65 bits per heavy atom. The number of hydrogen-bond acceptors (Lipinski definition) is 2. The molecule has 6 heteroatoms. The van der Waals surface area contributed by atoms with Gasteiger partial charge in [0, 0.05) is 3.57 Å². The molecule has 0 unspecified atom stereocenters. The minimum atomic E-state index is -0.688. The molecular formula is C11H10FIN2OS. The zero-order chi connectivity index (χ0) is 12.6. The Bertz CT molecular complexity index is 502. The normalized spacial score (nSPS) is 16.4. The highest BCUT2D eigenvalue weighted by molar-refractivity contribution is 14.1. The highest BCUT2D eigenvalue weighted by atomic mass is 127. The minimum absolute atomic E-state index is 0.200. The number of benzene rings is 1. The molecule has 1 amide bonds. The monoisotopic (exact) mass is 364 g/mol. The van der Waals surface area contributed by atoms with Gasteiger partial charge in [-0.2, -0.15) is 0 Å². The van der Waals surface area contributed by atoms with Gasteiger partial charge < -0.3 is 11.1 Å². The number of hydrogen-bond donors (Lipinski definition) is 2. The number of anilines is 1. The lowest BCUT2D eigenvalue weighted by Crippen LogP contribution is -2.35. The first-order valence-corrected chi connectivity index (χ1v) is 6.51. The summed E-state index contributed by atoms with van der Waals surface area (Å²) < 4.78 is 13.5. The minimum Gasteiger partial charge on any atom is -0.392 e. The summed E-state index contributed by atoms with van der Waals surface area (Å²) in [5, 5.41) is 2.74. The molecule has 0 bridgehead atoms. The molecule has 1 aromatic rings. The lowest BCUT2D eigenvalue weighted by Gasteiger charge is -2.14. The topological polar surface area (TPSA) is 55.1 Å². The van der Waals surface area contributed by atoms with Crippen molar-refractivity contribution < 1.29 is 9.18 Å². The highest BCUT2D eigenvalue weighted by Crippen LogP contribution is 2.47. The molecule has 1 saturated carbocycles. The van der Waals surface area contributed by atoms with Gasteiger partial charge in [0.2, 0.25) is 5.91 Å². The van der Waals surface area contributed by atoms with Crippen LogP contribution >= 0.6 is 34.8 Å². The Balaban J connectivity index is 2.17. The van der Waals surface area contributed by atoms with Crippen LogP contribution in [0.5, 0.6) is 0 Å². The highest BCUT2D eigenvalue weighted by Gasteiger charge is 2.52. The van der Waals surface area contributed by atoms with Crippen LogP contribution in [0.3, 0.4) is 0 Å². The third-order valence-electron chi connectivity index (χ3n) is 2.84. The van der Waals surface area contributed by atoms with Gasteiger partial charge in [-0.3, -0.25) is 4.79 Å². The number of nitrogens with two attached hydrogens (primary N) is 1. The van der Waals surface area contributed by atoms with Gasteiger partial charge in [-0.15, -0.1) is 0 Å². The molecule has 17 heavy (non-hydrogen) atoms. The first-order chi connectivity index (χ1) is 7.95. The summed E-state index contributed by atoms with van der Waals surface area (Å²) in [5.41, 5.74) is 5.45. The summed E-state index contributed by atoms with van der Waals surface area (Å²) in [7, 11) is 0. The van der Waals surface area contributed by atoms with Crippen molar-refractivity contribution >= 4 is 51.4 Å². The van der Waals surface area contributed by atoms with Crippen LogP contribution in [0.25, 0.3) is 0 Å². The van der Waals surface area contributed by atoms with Crippen molar-refractivity contribution in [1.82, 2.24) is 0 Å². The van der Waals surface area contributed by atoms with Gasteiger partial charge in [0.1, 0.15) is 5.82 Å². The number of carbonyl (C=O) groups excluding carboxylic acids is 1. The fourth-order valence-corrected chi connectivity index (χ4v) is 2.45. The Kier molecular flexibility index (Phi) is 3.35. The van der Waals surface area contributed by atoms with Crippen LogP contribution in [0.4, 0.5) is 10.1 Å². The molecule has 3 N–H and O–H groups in total. The molecule has 1 fully saturated rings. The van der Waals surface area contributed by atoms with E-state index in [2.05, 4.69) is 5.32 Å². The lowest BCUT2D eigenvalue weighted by molar-refractivity contribution is -0.118. The van der Waals surface area contributed by atoms with Crippen molar-refractivity contribution in [2.24, 2.45) is 11.1 Å². The van der Waals surface area contributed by atoms with Gasteiger partial charge in [-0.05, 0) is 53.6 Å². The van der Waals surface area contributed by atoms with Gasteiger partial charge in [0.15, 0.2) is 0 Å². The molecule has 0 heterocycles. The number of nitrogens with one attached hydrogen (secondary N) is 1. The summed E-state index contributed by atoms with van der Waals surface area (Å²) in [4.78, 5) is 12.2. The van der Waals surface area contributed by atoms with Crippen LogP contribution in [0.1, 0.15) is 12.8 Å². The van der Waals surface area contributed by atoms with E-state index in [0.717, 1.165) is 0 Å². The van der Waals surface area contributed by atoms with E-state index < -0.39 is 5.41 Å². The Morgan fingerprint density at radius 2 is 2.18 bits per heavy atom. The Hall–Kier alpha value is -0.760. The maximum Gasteiger partial charge on any atom is 0.237 e. The zero-order valence-electron chi connectivity index (χ0n) is 8.80. The smallest absolute Gasteiger partial charge is 0.237 e. The van der Waals surface area contributed by atoms with Gasteiger partial charge in [-0.1, -0.05) is 12.2 Å². The van der Waals surface area contributed by atoms with Gasteiger partial charge in [0.25, 0.3) is 0 Å². The summed E-state index contributed by atoms with van der Waals surface area (Å²) in [6.07, 6.45) is 1.37. The second kappa shape index (κ2) is 4.49. The first kappa shape index (κ1) is 12.7. The van der Waals surface area contributed by atoms with Crippen molar-refractivity contribution in [2.75, 3.05) is 5.32 Å². The van der Waals surface area contributed by atoms with E-state index in [0.29, 0.717) is 22.1 Å². The largest absolute Gasteiger partial charge is 0.392 e. The maximum atomic E-state index is 12.9. The van der Waals surface area contributed by atoms with E-state index in [-0.39, 0.29) is 16.7 Å². The summed E-state index contributed by atoms with van der Waals surface area (Å²) in [6.45, 7) is 0. The number of amides is 1. The predicted octanol–water partition coefficient (Wildman–Crippen LogP) is 2.44. The molecule has 0 spiro atoms. The van der Waals surface area contributed by atoms with E-state index in [4.69, 9.17) is 18.0 Å². The SMILES string of the molecule is NC(=S)C1(C(=O)Nc2ccc(F)cc2I)CC1. The quantitative estimate of drug-likeness (QED) is 0.640. The molecule has 0 saturated heterocycles. The summed E-state index contributed by atoms with van der Waals surface area (Å²) >= 11 is 6.86. The third-order valence-corrected chi connectivity index (χ3v) is 4.12. The first-order valence-electron chi connectivity index (χ1n) is 5.02. The molecule has 0 radical (unpaired) electrons. The lowest BCUT2D eigenvalue weighted by atomic mass is 10.1. The average Bonchev–Trinajstić information content (AvgIpc) is 3.02. The van der Waals surface area contributed by atoms with Crippen LogP contribution < -0.4 is 11.1 Å². The summed E-state index contributed by atoms with van der Waals surface area (Å²) in [5.74, 6) is -0.530. The van der Waals surface area contributed by atoms with E-state index in [1.165, 1.54) is 18.2 Å². The van der Waals surface area contributed by atoms with Gasteiger partial charge in [-0.25, -0.2) is 4.39 Å². The molecular weight excluding hydrogens is 354 g/mol. The van der Waals surface area contributed by atoms with Crippen LogP contribution in [0, 0.1) is 14.8 Å². The van der Waals surface area contributed by atoms with E-state index >= 15 is 0 Å². The number of thiocarbonyl (C=S) groups is 1. The van der Waals surface area contributed by atoms with Gasteiger partial charge in [0.05, 0.1) is 16.1 Å². The second-order valence-electron chi connectivity index (χ2n) is 4.02. The third kappa shape index (κ3) is 2.42. The molecule has 0 atom stereocenters. The molecule has 3 nitrogen and oxygen atoms in total. The van der Waals surface area contributed by atoms with Crippen molar-refractivity contribution in [3.8, 4) is 0 Å². The molecule has 1 aliphatic rings. The Morgan fingerprint density at radius 1 is 1.53 bits per heavy atom. The van der Waals surface area contributed by atoms with E-state index in [1.807, 2.05) is 22.6 Å². The Labute approximate surface area is 117 Å². The average molecular weight is 364 g/mol. The van der Waals surface area contributed by atoms with Crippen LogP contribution in [-0.2, 0) is 4.79 Å².